The number of aromatic nitrogens is 2. The van der Waals surface area contributed by atoms with E-state index >= 15 is 0 Å². The number of benzene rings is 3. The van der Waals surface area contributed by atoms with Crippen LogP contribution in [0.25, 0.3) is 11.3 Å². The Hall–Kier alpha value is -3.67. The van der Waals surface area contributed by atoms with Crippen LogP contribution < -0.4 is 4.74 Å². The van der Waals surface area contributed by atoms with Gasteiger partial charge in [-0.15, -0.1) is 6.58 Å². The fourth-order valence-corrected chi connectivity index (χ4v) is 4.32. The molecule has 0 aliphatic rings. The van der Waals surface area contributed by atoms with Crippen LogP contribution in [-0.4, -0.2) is 32.4 Å². The number of hydrogen-bond donors (Lipinski definition) is 1. The Kier molecular flexibility index (Phi) is 8.71. The molecule has 1 atom stereocenters. The van der Waals surface area contributed by atoms with Crippen molar-refractivity contribution >= 4 is 0 Å². The molecule has 5 nitrogen and oxygen atoms in total. The summed E-state index contributed by atoms with van der Waals surface area (Å²) in [6.07, 6.45) is 2.86. The first-order valence-corrected chi connectivity index (χ1v) is 12.4. The van der Waals surface area contributed by atoms with Gasteiger partial charge < -0.3 is 9.84 Å². The molecule has 0 saturated heterocycles. The van der Waals surface area contributed by atoms with Crippen molar-refractivity contribution in [2.45, 2.75) is 39.0 Å². The van der Waals surface area contributed by atoms with E-state index in [1.165, 1.54) is 11.1 Å². The maximum Gasteiger partial charge on any atom is 0.222 e. The van der Waals surface area contributed by atoms with Crippen molar-refractivity contribution in [2.24, 2.45) is 7.05 Å². The summed E-state index contributed by atoms with van der Waals surface area (Å²) in [5.74, 6) is 1.47. The fraction of sp³-hybridized carbons (Fsp3) is 0.258. The van der Waals surface area contributed by atoms with Gasteiger partial charge in [0.1, 0.15) is 11.4 Å². The van der Waals surface area contributed by atoms with Crippen LogP contribution in [0.1, 0.15) is 29.5 Å². The molecule has 0 amide bonds. The second-order valence-corrected chi connectivity index (χ2v) is 9.21. The maximum atomic E-state index is 10.8. The zero-order valence-corrected chi connectivity index (χ0v) is 21.2. The van der Waals surface area contributed by atoms with Gasteiger partial charge in [0.05, 0.1) is 11.7 Å². The molecule has 1 aromatic heterocycles. The Morgan fingerprint density at radius 2 is 1.64 bits per heavy atom. The summed E-state index contributed by atoms with van der Waals surface area (Å²) in [7, 11) is 1.92. The van der Waals surface area contributed by atoms with Gasteiger partial charge in [-0.2, -0.15) is 5.10 Å². The minimum atomic E-state index is -0.454. The molecule has 0 spiro atoms. The summed E-state index contributed by atoms with van der Waals surface area (Å²) in [6.45, 7) is 7.69. The molecular weight excluding hydrogens is 446 g/mol. The Balaban J connectivity index is 1.71. The highest BCUT2D eigenvalue weighted by molar-refractivity contribution is 5.65. The lowest BCUT2D eigenvalue weighted by atomic mass is 10.1. The van der Waals surface area contributed by atoms with E-state index in [-0.39, 0.29) is 0 Å². The first-order chi connectivity index (χ1) is 17.5. The Morgan fingerprint density at radius 1 is 0.972 bits per heavy atom. The zero-order valence-electron chi connectivity index (χ0n) is 21.2. The predicted molar refractivity (Wildman–Crippen MR) is 146 cm³/mol. The third kappa shape index (κ3) is 6.72. The first-order valence-electron chi connectivity index (χ1n) is 12.4. The van der Waals surface area contributed by atoms with Crippen LogP contribution in [0.15, 0.2) is 97.6 Å². The summed E-state index contributed by atoms with van der Waals surface area (Å²) in [4.78, 5) is 2.27. The molecule has 186 valence electrons. The van der Waals surface area contributed by atoms with Crippen LogP contribution in [0.5, 0.6) is 11.6 Å². The van der Waals surface area contributed by atoms with Gasteiger partial charge >= 0.3 is 0 Å². The van der Waals surface area contributed by atoms with E-state index in [4.69, 9.17) is 9.84 Å². The number of hydrogen-bond acceptors (Lipinski definition) is 4. The maximum absolute atomic E-state index is 10.8. The molecule has 0 radical (unpaired) electrons. The number of aryl methyl sites for hydroxylation is 2. The number of aliphatic hydroxyl groups excluding tert-OH is 1. The Labute approximate surface area is 214 Å². The van der Waals surface area contributed by atoms with Crippen LogP contribution in [0.2, 0.25) is 0 Å². The van der Waals surface area contributed by atoms with Gasteiger partial charge in [-0.3, -0.25) is 4.90 Å². The second-order valence-electron chi connectivity index (χ2n) is 9.21. The monoisotopic (exact) mass is 481 g/mol. The Morgan fingerprint density at radius 3 is 2.31 bits per heavy atom. The van der Waals surface area contributed by atoms with Gasteiger partial charge in [-0.1, -0.05) is 84.4 Å². The predicted octanol–water partition coefficient (Wildman–Crippen LogP) is 6.52. The van der Waals surface area contributed by atoms with E-state index in [1.54, 1.807) is 0 Å². The first kappa shape index (κ1) is 25.4. The molecule has 36 heavy (non-hydrogen) atoms. The summed E-state index contributed by atoms with van der Waals surface area (Å²) < 4.78 is 8.23. The normalized spacial score (nSPS) is 12.0. The van der Waals surface area contributed by atoms with Crippen LogP contribution in [0.3, 0.4) is 0 Å². The van der Waals surface area contributed by atoms with Crippen molar-refractivity contribution in [1.29, 1.82) is 0 Å². The molecule has 0 fully saturated rings. The van der Waals surface area contributed by atoms with Gasteiger partial charge in [-0.05, 0) is 37.5 Å². The van der Waals surface area contributed by atoms with Gasteiger partial charge in [0.2, 0.25) is 5.88 Å². The summed E-state index contributed by atoms with van der Waals surface area (Å²) >= 11 is 0. The largest absolute Gasteiger partial charge is 0.439 e. The second kappa shape index (κ2) is 12.3. The number of nitrogens with zero attached hydrogens (tertiary/aromatic N) is 3. The van der Waals surface area contributed by atoms with Crippen LogP contribution in [0, 0.1) is 6.92 Å². The van der Waals surface area contributed by atoms with Crippen molar-refractivity contribution in [3.05, 3.63) is 114 Å². The van der Waals surface area contributed by atoms with Crippen molar-refractivity contribution in [3.8, 4) is 22.9 Å². The average Bonchev–Trinajstić information content (AvgIpc) is 3.19. The summed E-state index contributed by atoms with van der Waals surface area (Å²) in [6, 6.07) is 28.6. The molecule has 0 saturated carbocycles. The summed E-state index contributed by atoms with van der Waals surface area (Å²) in [5.41, 5.74) is 5.29. The molecular formula is C31H35N3O2. The smallest absolute Gasteiger partial charge is 0.222 e. The van der Waals surface area contributed by atoms with Gasteiger partial charge in [0.25, 0.3) is 0 Å². The van der Waals surface area contributed by atoms with Gasteiger partial charge in [0, 0.05) is 32.2 Å². The summed E-state index contributed by atoms with van der Waals surface area (Å²) in [5, 5.41) is 15.7. The minimum Gasteiger partial charge on any atom is -0.439 e. The van der Waals surface area contributed by atoms with E-state index in [9.17, 15) is 5.11 Å². The highest BCUT2D eigenvalue weighted by atomic mass is 16.5. The molecule has 3 aromatic carbocycles. The lowest BCUT2D eigenvalue weighted by Crippen LogP contribution is -2.32. The van der Waals surface area contributed by atoms with E-state index in [0.29, 0.717) is 31.9 Å². The highest BCUT2D eigenvalue weighted by Crippen LogP contribution is 2.34. The lowest BCUT2D eigenvalue weighted by Gasteiger charge is -2.26. The third-order valence-corrected chi connectivity index (χ3v) is 6.17. The van der Waals surface area contributed by atoms with Crippen molar-refractivity contribution in [2.75, 3.05) is 6.54 Å². The van der Waals surface area contributed by atoms with Crippen molar-refractivity contribution in [1.82, 2.24) is 14.7 Å². The number of aliphatic hydroxyl groups is 1. The molecule has 0 unspecified atom stereocenters. The van der Waals surface area contributed by atoms with Crippen molar-refractivity contribution < 1.29 is 9.84 Å². The van der Waals surface area contributed by atoms with Crippen LogP contribution >= 0.6 is 0 Å². The molecule has 1 N–H and O–H groups in total. The molecule has 0 bridgehead atoms. The SMILES string of the molecule is C=CCC[C@H](O)CN(Cc1ccccc1)Cc1c(-c2ccccc2)nn(C)c1Oc1ccc(C)cc1. The quantitative estimate of drug-likeness (QED) is 0.234. The third-order valence-electron chi connectivity index (χ3n) is 6.17. The number of rotatable bonds is 12. The van der Waals surface area contributed by atoms with Crippen LogP contribution in [-0.2, 0) is 20.1 Å². The molecule has 1 heterocycles. The number of allylic oxidation sites excluding steroid dienone is 1. The van der Waals surface area contributed by atoms with E-state index in [1.807, 2.05) is 78.5 Å². The molecule has 4 aromatic rings. The highest BCUT2D eigenvalue weighted by Gasteiger charge is 2.23. The van der Waals surface area contributed by atoms with E-state index in [2.05, 4.69) is 42.7 Å². The van der Waals surface area contributed by atoms with E-state index < -0.39 is 6.10 Å². The van der Waals surface area contributed by atoms with Crippen LogP contribution in [0.4, 0.5) is 0 Å². The number of ether oxygens (including phenoxy) is 1. The molecule has 4 rings (SSSR count). The fourth-order valence-electron chi connectivity index (χ4n) is 4.32. The lowest BCUT2D eigenvalue weighted by molar-refractivity contribution is 0.0980. The molecule has 0 aliphatic carbocycles. The van der Waals surface area contributed by atoms with Gasteiger partial charge in [0.15, 0.2) is 0 Å². The molecule has 0 aliphatic heterocycles. The topological polar surface area (TPSA) is 50.5 Å². The Bertz CT molecular complexity index is 1230. The minimum absolute atomic E-state index is 0.454. The average molecular weight is 482 g/mol. The van der Waals surface area contributed by atoms with Gasteiger partial charge in [-0.25, -0.2) is 4.68 Å². The molecule has 5 heteroatoms. The van der Waals surface area contributed by atoms with E-state index in [0.717, 1.165) is 29.0 Å². The van der Waals surface area contributed by atoms with Crippen molar-refractivity contribution in [3.63, 3.8) is 0 Å². The zero-order chi connectivity index (χ0) is 25.3. The standard InChI is InChI=1S/C31H35N3O2/c1-4-5-16-27(35)22-34(21-25-12-8-6-9-13-25)23-29-30(26-14-10-7-11-15-26)32-33(3)31(29)36-28-19-17-24(2)18-20-28/h4,6-15,17-20,27,35H,1,5,16,21-23H2,2-3H3/t27-/m0/s1.